The van der Waals surface area contributed by atoms with E-state index in [1.54, 1.807) is 0 Å². The normalized spacial score (nSPS) is 12.9. The fraction of sp³-hybridized carbons (Fsp3) is 0.848. The summed E-state index contributed by atoms with van der Waals surface area (Å²) in [5.74, 6) is -1.28. The number of carbonyl (C=O) groups is 3. The van der Waals surface area contributed by atoms with Crippen LogP contribution in [0, 0.1) is 0 Å². The maximum atomic E-state index is 12.5. The number of rotatable bonds is 29. The van der Waals surface area contributed by atoms with E-state index in [4.69, 9.17) is 10.5 Å². The number of hydrogen-bond acceptors (Lipinski definition) is 5. The van der Waals surface area contributed by atoms with E-state index in [1.807, 2.05) is 0 Å². The highest BCUT2D eigenvalue weighted by Gasteiger charge is 2.19. The van der Waals surface area contributed by atoms with Crippen molar-refractivity contribution >= 4 is 17.8 Å². The molecule has 0 heterocycles. The summed E-state index contributed by atoms with van der Waals surface area (Å²) in [6, 6.07) is -0.860. The Morgan fingerprint density at radius 2 is 1.27 bits per heavy atom. The number of ether oxygens (including phenoxy) is 1. The molecule has 0 bridgehead atoms. The van der Waals surface area contributed by atoms with Crippen LogP contribution in [0.3, 0.4) is 0 Å². The van der Waals surface area contributed by atoms with Crippen molar-refractivity contribution in [3.05, 3.63) is 12.2 Å². The minimum absolute atomic E-state index is 0.00815. The molecule has 0 aromatic carbocycles. The lowest BCUT2D eigenvalue weighted by molar-refractivity contribution is -0.150. The van der Waals surface area contributed by atoms with Crippen LogP contribution < -0.4 is 11.1 Å². The van der Waals surface area contributed by atoms with Crippen LogP contribution in [-0.4, -0.2) is 41.6 Å². The van der Waals surface area contributed by atoms with Gasteiger partial charge >= 0.3 is 11.9 Å². The number of carboxylic acid groups (broad SMARTS) is 1. The second kappa shape index (κ2) is 28.6. The third-order valence-corrected chi connectivity index (χ3v) is 7.31. The van der Waals surface area contributed by atoms with Gasteiger partial charge in [-0.3, -0.25) is 9.59 Å². The number of nitrogens with one attached hydrogen (secondary N) is 1. The van der Waals surface area contributed by atoms with Crippen LogP contribution in [0.15, 0.2) is 12.2 Å². The van der Waals surface area contributed by atoms with Crippen molar-refractivity contribution in [1.29, 1.82) is 0 Å². The quantitative estimate of drug-likeness (QED) is 0.0479. The molecular formula is C33H62N2O5. The molecule has 2 atom stereocenters. The van der Waals surface area contributed by atoms with Gasteiger partial charge in [-0.05, 0) is 77.2 Å². The lowest BCUT2D eigenvalue weighted by Gasteiger charge is -2.18. The smallest absolute Gasteiger partial charge is 0.326 e. The molecule has 2 unspecified atom stereocenters. The van der Waals surface area contributed by atoms with Crippen LogP contribution in [0.25, 0.3) is 0 Å². The molecule has 0 saturated heterocycles. The SMILES string of the molecule is CCC/C=C\CCCCCCCC(=O)OC(CCCCCCC)CCCCCCC(=O)NC(CCCN)C(=O)O. The van der Waals surface area contributed by atoms with Crippen LogP contribution in [0.5, 0.6) is 0 Å². The number of carbonyl (C=O) groups excluding carboxylic acids is 2. The first-order chi connectivity index (χ1) is 19.4. The van der Waals surface area contributed by atoms with Gasteiger partial charge in [-0.15, -0.1) is 0 Å². The van der Waals surface area contributed by atoms with E-state index in [9.17, 15) is 19.5 Å². The Morgan fingerprint density at radius 1 is 0.700 bits per heavy atom. The summed E-state index contributed by atoms with van der Waals surface area (Å²) >= 11 is 0. The highest BCUT2D eigenvalue weighted by Crippen LogP contribution is 2.18. The minimum Gasteiger partial charge on any atom is -0.480 e. The zero-order valence-corrected chi connectivity index (χ0v) is 25.9. The Balaban J connectivity index is 4.21. The number of esters is 1. The molecule has 40 heavy (non-hydrogen) atoms. The number of allylic oxidation sites excluding steroid dienone is 2. The Morgan fingerprint density at radius 3 is 1.90 bits per heavy atom. The van der Waals surface area contributed by atoms with Crippen molar-refractivity contribution < 1.29 is 24.2 Å². The van der Waals surface area contributed by atoms with Gasteiger partial charge in [0.1, 0.15) is 12.1 Å². The van der Waals surface area contributed by atoms with Gasteiger partial charge in [0, 0.05) is 12.8 Å². The summed E-state index contributed by atoms with van der Waals surface area (Å²) in [6.45, 7) is 4.82. The molecule has 0 aliphatic heterocycles. The fourth-order valence-corrected chi connectivity index (χ4v) is 4.80. The third kappa shape index (κ3) is 25.1. The Labute approximate surface area is 245 Å². The highest BCUT2D eigenvalue weighted by atomic mass is 16.5. The summed E-state index contributed by atoms with van der Waals surface area (Å²) in [6.07, 6.45) is 26.9. The lowest BCUT2D eigenvalue weighted by atomic mass is 10.0. The summed E-state index contributed by atoms with van der Waals surface area (Å²) in [7, 11) is 0. The fourth-order valence-electron chi connectivity index (χ4n) is 4.80. The zero-order valence-electron chi connectivity index (χ0n) is 25.9. The standard InChI is InChI=1S/C33H62N2O5/c1-3-5-7-9-10-11-12-13-15-21-27-32(37)40-29(23-18-14-8-6-4-2)24-19-16-17-20-26-31(36)35-30(33(38)39)25-22-28-34/h7,9,29-30H,3-6,8,10-28,34H2,1-2H3,(H,35,36)(H,38,39)/b9-7-. The predicted octanol–water partition coefficient (Wildman–Crippen LogP) is 7.99. The number of unbranched alkanes of at least 4 members (excludes halogenated alkanes) is 13. The van der Waals surface area contributed by atoms with Crippen LogP contribution in [0.2, 0.25) is 0 Å². The van der Waals surface area contributed by atoms with Crippen molar-refractivity contribution in [2.24, 2.45) is 5.73 Å². The van der Waals surface area contributed by atoms with Gasteiger partial charge in [0.15, 0.2) is 0 Å². The molecule has 7 nitrogen and oxygen atoms in total. The second-order valence-corrected chi connectivity index (χ2v) is 11.2. The van der Waals surface area contributed by atoms with Crippen molar-refractivity contribution in [2.45, 2.75) is 174 Å². The molecule has 234 valence electrons. The van der Waals surface area contributed by atoms with E-state index < -0.39 is 12.0 Å². The molecule has 0 fully saturated rings. The van der Waals surface area contributed by atoms with Crippen molar-refractivity contribution in [1.82, 2.24) is 5.32 Å². The predicted molar refractivity (Wildman–Crippen MR) is 165 cm³/mol. The van der Waals surface area contributed by atoms with Gasteiger partial charge in [-0.1, -0.05) is 90.2 Å². The van der Waals surface area contributed by atoms with Crippen LogP contribution in [0.4, 0.5) is 0 Å². The Bertz CT molecular complexity index is 653. The molecule has 0 saturated carbocycles. The molecule has 4 N–H and O–H groups in total. The molecule has 0 aromatic heterocycles. The lowest BCUT2D eigenvalue weighted by Crippen LogP contribution is -2.40. The Kier molecular flexibility index (Phi) is 27.3. The molecule has 7 heteroatoms. The maximum absolute atomic E-state index is 12.5. The number of carboxylic acids is 1. The monoisotopic (exact) mass is 566 g/mol. The molecular weight excluding hydrogens is 504 g/mol. The minimum atomic E-state index is -1.01. The summed E-state index contributed by atoms with van der Waals surface area (Å²) < 4.78 is 5.91. The number of hydrogen-bond donors (Lipinski definition) is 3. The van der Waals surface area contributed by atoms with Gasteiger partial charge in [-0.25, -0.2) is 4.79 Å². The number of nitrogens with two attached hydrogens (primary N) is 1. The van der Waals surface area contributed by atoms with E-state index in [0.29, 0.717) is 32.2 Å². The Hall–Kier alpha value is -1.89. The van der Waals surface area contributed by atoms with Gasteiger partial charge in [0.05, 0.1) is 0 Å². The van der Waals surface area contributed by atoms with E-state index in [0.717, 1.165) is 64.2 Å². The van der Waals surface area contributed by atoms with E-state index in [1.165, 1.54) is 57.8 Å². The zero-order chi connectivity index (χ0) is 29.7. The average Bonchev–Trinajstić information content (AvgIpc) is 2.93. The summed E-state index contributed by atoms with van der Waals surface area (Å²) in [5.41, 5.74) is 5.45. The molecule has 0 aliphatic rings. The topological polar surface area (TPSA) is 119 Å². The van der Waals surface area contributed by atoms with Gasteiger partial charge < -0.3 is 20.9 Å². The molecule has 0 spiro atoms. The first-order valence-corrected chi connectivity index (χ1v) is 16.5. The van der Waals surface area contributed by atoms with Crippen LogP contribution in [-0.2, 0) is 19.1 Å². The maximum Gasteiger partial charge on any atom is 0.326 e. The van der Waals surface area contributed by atoms with E-state index >= 15 is 0 Å². The molecule has 1 amide bonds. The van der Waals surface area contributed by atoms with Gasteiger partial charge in [0.2, 0.25) is 5.91 Å². The van der Waals surface area contributed by atoms with Crippen molar-refractivity contribution in [2.75, 3.05) is 6.54 Å². The average molecular weight is 567 g/mol. The van der Waals surface area contributed by atoms with Crippen molar-refractivity contribution in [3.8, 4) is 0 Å². The van der Waals surface area contributed by atoms with Crippen LogP contribution in [0.1, 0.15) is 162 Å². The first-order valence-electron chi connectivity index (χ1n) is 16.5. The number of aliphatic carboxylic acids is 1. The molecule has 0 rings (SSSR count). The number of amides is 1. The second-order valence-electron chi connectivity index (χ2n) is 11.2. The van der Waals surface area contributed by atoms with Crippen molar-refractivity contribution in [3.63, 3.8) is 0 Å². The highest BCUT2D eigenvalue weighted by molar-refractivity contribution is 5.83. The van der Waals surface area contributed by atoms with Gasteiger partial charge in [0.25, 0.3) is 0 Å². The summed E-state index contributed by atoms with van der Waals surface area (Å²) in [5, 5.41) is 11.8. The van der Waals surface area contributed by atoms with Gasteiger partial charge in [-0.2, -0.15) is 0 Å². The first kappa shape index (κ1) is 38.1. The molecule has 0 radical (unpaired) electrons. The van der Waals surface area contributed by atoms with Crippen LogP contribution >= 0.6 is 0 Å². The van der Waals surface area contributed by atoms with E-state index in [-0.39, 0.29) is 18.0 Å². The largest absolute Gasteiger partial charge is 0.480 e. The van der Waals surface area contributed by atoms with E-state index in [2.05, 4.69) is 31.3 Å². The third-order valence-electron chi connectivity index (χ3n) is 7.31. The molecule has 0 aliphatic carbocycles. The molecule has 0 aromatic rings. The summed E-state index contributed by atoms with van der Waals surface area (Å²) in [4.78, 5) is 35.9.